The second-order valence-corrected chi connectivity index (χ2v) is 8.11. The molecule has 2 amide bonds. The summed E-state index contributed by atoms with van der Waals surface area (Å²) in [6.07, 6.45) is 0.861. The lowest BCUT2D eigenvalue weighted by atomic mass is 9.75. The Morgan fingerprint density at radius 2 is 1.67 bits per heavy atom. The molecule has 0 bridgehead atoms. The largest absolute Gasteiger partial charge is 0.486 e. The Balaban J connectivity index is 1.48. The number of ether oxygens (including phenoxy) is 2. The van der Waals surface area contributed by atoms with Crippen molar-refractivity contribution in [2.45, 2.75) is 26.7 Å². The molecule has 30 heavy (non-hydrogen) atoms. The normalized spacial score (nSPS) is 16.4. The molecule has 0 unspecified atom stereocenters. The number of aromatic amines is 1. The van der Waals surface area contributed by atoms with Crippen molar-refractivity contribution in [3.8, 4) is 11.5 Å². The Morgan fingerprint density at radius 3 is 2.43 bits per heavy atom. The Hall–Kier alpha value is -3.62. The van der Waals surface area contributed by atoms with Crippen molar-refractivity contribution < 1.29 is 23.9 Å². The van der Waals surface area contributed by atoms with Crippen molar-refractivity contribution in [3.05, 3.63) is 57.0 Å². The van der Waals surface area contributed by atoms with Crippen molar-refractivity contribution in [3.63, 3.8) is 0 Å². The molecule has 0 saturated carbocycles. The van der Waals surface area contributed by atoms with E-state index in [9.17, 15) is 19.2 Å². The van der Waals surface area contributed by atoms with Crippen LogP contribution in [0.2, 0.25) is 0 Å². The topological polar surface area (TPSA) is 127 Å². The molecule has 9 nitrogen and oxygen atoms in total. The highest BCUT2D eigenvalue weighted by Gasteiger charge is 2.32. The maximum absolute atomic E-state index is 12.5. The van der Waals surface area contributed by atoms with E-state index in [0.717, 1.165) is 0 Å². The van der Waals surface area contributed by atoms with Crippen molar-refractivity contribution in [2.24, 2.45) is 5.41 Å². The summed E-state index contributed by atoms with van der Waals surface area (Å²) >= 11 is 0. The number of pyridine rings is 1. The molecule has 0 spiro atoms. The summed E-state index contributed by atoms with van der Waals surface area (Å²) in [7, 11) is 0. The molecule has 2 aliphatic rings. The fraction of sp³-hybridized carbons (Fsp3) is 0.333. The third kappa shape index (κ3) is 3.78. The van der Waals surface area contributed by atoms with E-state index in [1.807, 2.05) is 13.8 Å². The van der Waals surface area contributed by atoms with Crippen molar-refractivity contribution in [1.82, 2.24) is 15.8 Å². The smallest absolute Gasteiger partial charge is 0.275 e. The fourth-order valence-electron chi connectivity index (χ4n) is 3.63. The zero-order valence-corrected chi connectivity index (χ0v) is 16.6. The summed E-state index contributed by atoms with van der Waals surface area (Å²) < 4.78 is 10.8. The summed E-state index contributed by atoms with van der Waals surface area (Å²) in [4.78, 5) is 52.2. The van der Waals surface area contributed by atoms with Crippen LogP contribution in [0.5, 0.6) is 11.5 Å². The van der Waals surface area contributed by atoms with Gasteiger partial charge in [0, 0.05) is 23.2 Å². The number of amides is 2. The molecule has 2 heterocycles. The van der Waals surface area contributed by atoms with E-state index in [1.165, 1.54) is 18.2 Å². The Morgan fingerprint density at radius 1 is 0.967 bits per heavy atom. The van der Waals surface area contributed by atoms with Gasteiger partial charge in [-0.2, -0.15) is 0 Å². The van der Waals surface area contributed by atoms with Crippen LogP contribution in [0.25, 0.3) is 0 Å². The van der Waals surface area contributed by atoms with Gasteiger partial charge in [0.05, 0.1) is 0 Å². The van der Waals surface area contributed by atoms with Crippen molar-refractivity contribution in [2.75, 3.05) is 13.2 Å². The number of hydrogen-bond acceptors (Lipinski definition) is 6. The minimum absolute atomic E-state index is 0.133. The molecule has 0 radical (unpaired) electrons. The lowest BCUT2D eigenvalue weighted by Crippen LogP contribution is -2.44. The van der Waals surface area contributed by atoms with Crippen molar-refractivity contribution >= 4 is 17.6 Å². The lowest BCUT2D eigenvalue weighted by Gasteiger charge is -2.29. The van der Waals surface area contributed by atoms with Crippen LogP contribution in [0.15, 0.2) is 29.1 Å². The first kappa shape index (κ1) is 19.7. The van der Waals surface area contributed by atoms with Gasteiger partial charge in [-0.05, 0) is 36.1 Å². The second kappa shape index (κ2) is 7.33. The average molecular weight is 411 g/mol. The number of rotatable bonds is 2. The van der Waals surface area contributed by atoms with Gasteiger partial charge < -0.3 is 14.5 Å². The summed E-state index contributed by atoms with van der Waals surface area (Å²) in [6, 6.07) is 5.92. The zero-order chi connectivity index (χ0) is 21.5. The van der Waals surface area contributed by atoms with Gasteiger partial charge in [-0.3, -0.25) is 30.0 Å². The van der Waals surface area contributed by atoms with Gasteiger partial charge in [0.2, 0.25) is 0 Å². The third-order valence-electron chi connectivity index (χ3n) is 5.06. The van der Waals surface area contributed by atoms with Crippen molar-refractivity contribution in [1.29, 1.82) is 0 Å². The van der Waals surface area contributed by atoms with Crippen LogP contribution in [0.4, 0.5) is 0 Å². The van der Waals surface area contributed by atoms with Gasteiger partial charge >= 0.3 is 0 Å². The first-order chi connectivity index (χ1) is 14.2. The molecule has 1 aromatic heterocycles. The van der Waals surface area contributed by atoms with E-state index in [0.29, 0.717) is 48.8 Å². The SMILES string of the molecule is CC1(C)CC(=O)c2cc(C(=O)NNC(=O)c3ccc4c(c3)OCCO4)c(=O)[nH]c2C1. The van der Waals surface area contributed by atoms with E-state index in [2.05, 4.69) is 15.8 Å². The highest BCUT2D eigenvalue weighted by atomic mass is 16.6. The molecule has 1 aromatic carbocycles. The summed E-state index contributed by atoms with van der Waals surface area (Å²) in [5.74, 6) is -0.565. The number of carbonyl (C=O) groups is 3. The Labute approximate surface area is 171 Å². The Kier molecular flexibility index (Phi) is 4.81. The summed E-state index contributed by atoms with van der Waals surface area (Å²) in [5.41, 5.74) is 4.46. The number of hydrogen-bond donors (Lipinski definition) is 3. The van der Waals surface area contributed by atoms with Gasteiger partial charge in [0.15, 0.2) is 17.3 Å². The standard InChI is InChI=1S/C21H21N3O6/c1-21(2)9-14-12(15(25)10-21)8-13(19(27)22-14)20(28)24-23-18(26)11-3-4-16-17(7-11)30-6-5-29-16/h3-4,7-8H,5-6,9-10H2,1-2H3,(H,22,27)(H,23,26)(H,24,28). The molecule has 156 valence electrons. The number of carbonyl (C=O) groups excluding carboxylic acids is 3. The molecule has 2 aromatic rings. The molecule has 1 aliphatic heterocycles. The number of hydrazine groups is 1. The van der Waals surface area contributed by atoms with E-state index in [1.54, 1.807) is 6.07 Å². The molecular formula is C21H21N3O6. The second-order valence-electron chi connectivity index (χ2n) is 8.11. The van der Waals surface area contributed by atoms with Gasteiger partial charge in [0.1, 0.15) is 18.8 Å². The first-order valence-electron chi connectivity index (χ1n) is 9.53. The van der Waals surface area contributed by atoms with E-state index < -0.39 is 17.4 Å². The molecule has 0 saturated heterocycles. The van der Waals surface area contributed by atoms with E-state index in [4.69, 9.17) is 9.47 Å². The van der Waals surface area contributed by atoms with Crippen LogP contribution >= 0.6 is 0 Å². The number of H-pyrrole nitrogens is 1. The number of fused-ring (bicyclic) bond motifs is 2. The van der Waals surface area contributed by atoms with Crippen LogP contribution in [0.1, 0.15) is 57.0 Å². The third-order valence-corrected chi connectivity index (χ3v) is 5.06. The Bertz CT molecular complexity index is 1120. The molecule has 3 N–H and O–H groups in total. The minimum Gasteiger partial charge on any atom is -0.486 e. The van der Waals surface area contributed by atoms with E-state index >= 15 is 0 Å². The summed E-state index contributed by atoms with van der Waals surface area (Å²) in [6.45, 7) is 4.70. The number of benzene rings is 1. The maximum atomic E-state index is 12.5. The number of ketones is 1. The first-order valence-corrected chi connectivity index (χ1v) is 9.53. The molecular weight excluding hydrogens is 390 g/mol. The fourth-order valence-corrected chi connectivity index (χ4v) is 3.63. The number of aromatic nitrogens is 1. The zero-order valence-electron chi connectivity index (χ0n) is 16.6. The van der Waals surface area contributed by atoms with Gasteiger partial charge in [-0.15, -0.1) is 0 Å². The highest BCUT2D eigenvalue weighted by molar-refractivity contribution is 6.03. The minimum atomic E-state index is -0.817. The molecule has 1 aliphatic carbocycles. The number of nitrogens with one attached hydrogen (secondary N) is 3. The molecule has 4 rings (SSSR count). The van der Waals surface area contributed by atoms with Crippen LogP contribution in [-0.2, 0) is 6.42 Å². The predicted molar refractivity (Wildman–Crippen MR) is 106 cm³/mol. The van der Waals surface area contributed by atoms with E-state index in [-0.39, 0.29) is 22.3 Å². The summed E-state index contributed by atoms with van der Waals surface area (Å²) in [5, 5.41) is 0. The molecule has 0 fully saturated rings. The van der Waals surface area contributed by atoms with Gasteiger partial charge in [0.25, 0.3) is 17.4 Å². The predicted octanol–water partition coefficient (Wildman–Crippen LogP) is 1.38. The molecule has 9 heteroatoms. The van der Waals surface area contributed by atoms with Crippen LogP contribution < -0.4 is 25.9 Å². The molecule has 0 atom stereocenters. The van der Waals surface area contributed by atoms with Crippen LogP contribution in [0, 0.1) is 5.41 Å². The van der Waals surface area contributed by atoms with Gasteiger partial charge in [-0.25, -0.2) is 0 Å². The maximum Gasteiger partial charge on any atom is 0.275 e. The number of Topliss-reactive ketones (excluding diaryl/α,β-unsaturated/α-hetero) is 1. The lowest BCUT2D eigenvalue weighted by molar-refractivity contribution is 0.0844. The average Bonchev–Trinajstić information content (AvgIpc) is 2.70. The monoisotopic (exact) mass is 411 g/mol. The van der Waals surface area contributed by atoms with Crippen LogP contribution in [0.3, 0.4) is 0 Å². The quantitative estimate of drug-likeness (QED) is 0.641. The van der Waals surface area contributed by atoms with Gasteiger partial charge in [-0.1, -0.05) is 13.8 Å². The highest BCUT2D eigenvalue weighted by Crippen LogP contribution is 2.33. The van der Waals surface area contributed by atoms with Crippen LogP contribution in [-0.4, -0.2) is 35.8 Å².